The van der Waals surface area contributed by atoms with Gasteiger partial charge in [-0.2, -0.15) is 0 Å². The number of ether oxygens (including phenoxy) is 1. The van der Waals surface area contributed by atoms with Crippen molar-refractivity contribution in [3.8, 4) is 17.4 Å². The molecule has 1 heterocycles. The summed E-state index contributed by atoms with van der Waals surface area (Å²) in [6, 6.07) is 3.40. The molecule has 0 bridgehead atoms. The zero-order chi connectivity index (χ0) is 14.2. The predicted octanol–water partition coefficient (Wildman–Crippen LogP) is 3.86. The molecule has 19 heavy (non-hydrogen) atoms. The van der Waals surface area contributed by atoms with E-state index in [1.54, 1.807) is 0 Å². The fraction of sp³-hybridized carbons (Fsp3) is 0.286. The number of benzene rings is 1. The van der Waals surface area contributed by atoms with Crippen molar-refractivity contribution in [2.75, 3.05) is 0 Å². The number of rotatable bonds is 2. The van der Waals surface area contributed by atoms with Crippen LogP contribution in [-0.4, -0.2) is 15.3 Å². The van der Waals surface area contributed by atoms with Crippen LogP contribution in [0.1, 0.15) is 22.3 Å². The molecule has 1 aromatic heterocycles. The Labute approximate surface area is 117 Å². The Hall–Kier alpha value is -1.81. The van der Waals surface area contributed by atoms with E-state index in [0.29, 0.717) is 5.75 Å². The van der Waals surface area contributed by atoms with Gasteiger partial charge in [-0.05, 0) is 49.9 Å². The summed E-state index contributed by atoms with van der Waals surface area (Å²) in [6.07, 6.45) is 0. The molecule has 0 atom stereocenters. The first-order valence-electron chi connectivity index (χ1n) is 5.87. The van der Waals surface area contributed by atoms with Gasteiger partial charge in [-0.25, -0.2) is 0 Å². The average Bonchev–Trinajstić information content (AvgIpc) is 2.34. The Morgan fingerprint density at radius 1 is 1.00 bits per heavy atom. The molecule has 0 saturated carbocycles. The molecule has 5 heteroatoms. The van der Waals surface area contributed by atoms with Crippen molar-refractivity contribution < 1.29 is 9.84 Å². The molecular formula is C14H15ClN2O2. The van der Waals surface area contributed by atoms with Gasteiger partial charge in [-0.1, -0.05) is 17.7 Å². The maximum absolute atomic E-state index is 9.76. The first-order chi connectivity index (χ1) is 8.90. The molecule has 0 spiro atoms. The predicted molar refractivity (Wildman–Crippen MR) is 74.2 cm³/mol. The van der Waals surface area contributed by atoms with E-state index in [2.05, 4.69) is 16.3 Å². The second-order valence-electron chi connectivity index (χ2n) is 4.55. The van der Waals surface area contributed by atoms with Gasteiger partial charge in [0.05, 0.1) is 0 Å². The van der Waals surface area contributed by atoms with Crippen LogP contribution in [0.15, 0.2) is 12.1 Å². The lowest BCUT2D eigenvalue weighted by Gasteiger charge is -2.15. The molecule has 1 aromatic carbocycles. The van der Waals surface area contributed by atoms with Crippen LogP contribution < -0.4 is 4.74 Å². The molecule has 100 valence electrons. The minimum absolute atomic E-state index is 0.0561. The summed E-state index contributed by atoms with van der Waals surface area (Å²) in [6.45, 7) is 7.97. The fourth-order valence-electron chi connectivity index (χ4n) is 1.85. The lowest BCUT2D eigenvalue weighted by atomic mass is 10.0. The summed E-state index contributed by atoms with van der Waals surface area (Å²) in [5.41, 5.74) is 4.28. The summed E-state index contributed by atoms with van der Waals surface area (Å²) >= 11 is 5.64. The number of aryl methyl sites for hydroxylation is 2. The number of halogens is 1. The van der Waals surface area contributed by atoms with Crippen LogP contribution in [0.2, 0.25) is 5.15 Å². The Morgan fingerprint density at radius 2 is 1.58 bits per heavy atom. The first kappa shape index (κ1) is 13.6. The summed E-state index contributed by atoms with van der Waals surface area (Å²) in [5.74, 6) is 0.628. The van der Waals surface area contributed by atoms with Gasteiger partial charge < -0.3 is 9.84 Å². The molecule has 0 aliphatic heterocycles. The van der Waals surface area contributed by atoms with Crippen LogP contribution >= 0.6 is 11.6 Å². The van der Waals surface area contributed by atoms with E-state index in [1.165, 1.54) is 6.07 Å². The van der Waals surface area contributed by atoms with Gasteiger partial charge in [0.2, 0.25) is 0 Å². The van der Waals surface area contributed by atoms with E-state index in [9.17, 15) is 5.11 Å². The standard InChI is InChI=1S/C14H15ClN2O2/c1-7-5-8(2)10(4)13(9(7)3)19-14-11(18)6-12(15)16-17-14/h5-6H,1-4H3,(H,16,18). The molecule has 0 radical (unpaired) electrons. The van der Waals surface area contributed by atoms with Crippen molar-refractivity contribution >= 4 is 11.6 Å². The van der Waals surface area contributed by atoms with Gasteiger partial charge in [0.1, 0.15) is 5.75 Å². The number of hydrogen-bond acceptors (Lipinski definition) is 4. The Bertz CT molecular complexity index is 616. The lowest BCUT2D eigenvalue weighted by Crippen LogP contribution is -1.98. The van der Waals surface area contributed by atoms with Gasteiger partial charge in [0, 0.05) is 6.07 Å². The maximum atomic E-state index is 9.76. The minimum Gasteiger partial charge on any atom is -0.503 e. The van der Waals surface area contributed by atoms with Crippen molar-refractivity contribution in [1.82, 2.24) is 10.2 Å². The molecule has 2 aromatic rings. The molecule has 0 fully saturated rings. The SMILES string of the molecule is Cc1cc(C)c(C)c(Oc2nnc(Cl)cc2O)c1C. The van der Waals surface area contributed by atoms with Gasteiger partial charge in [0.15, 0.2) is 10.9 Å². The Kier molecular flexibility index (Phi) is 3.62. The van der Waals surface area contributed by atoms with E-state index < -0.39 is 0 Å². The van der Waals surface area contributed by atoms with Gasteiger partial charge in [-0.3, -0.25) is 0 Å². The van der Waals surface area contributed by atoms with Crippen LogP contribution in [0.3, 0.4) is 0 Å². The molecule has 1 N–H and O–H groups in total. The highest BCUT2D eigenvalue weighted by Gasteiger charge is 2.14. The zero-order valence-corrected chi connectivity index (χ0v) is 12.0. The second kappa shape index (κ2) is 5.05. The van der Waals surface area contributed by atoms with Crippen LogP contribution in [0.4, 0.5) is 0 Å². The molecule has 4 nitrogen and oxygen atoms in total. The minimum atomic E-state index is -0.127. The van der Waals surface area contributed by atoms with Crippen LogP contribution in [0.25, 0.3) is 0 Å². The third kappa shape index (κ3) is 2.63. The first-order valence-corrected chi connectivity index (χ1v) is 6.25. The summed E-state index contributed by atoms with van der Waals surface area (Å²) < 4.78 is 5.71. The molecule has 0 amide bonds. The highest BCUT2D eigenvalue weighted by molar-refractivity contribution is 6.29. The zero-order valence-electron chi connectivity index (χ0n) is 11.3. The summed E-state index contributed by atoms with van der Waals surface area (Å²) in [4.78, 5) is 0. The third-order valence-electron chi connectivity index (χ3n) is 3.21. The summed E-state index contributed by atoms with van der Waals surface area (Å²) in [5, 5.41) is 17.3. The van der Waals surface area contributed by atoms with Crippen molar-refractivity contribution in [1.29, 1.82) is 0 Å². The van der Waals surface area contributed by atoms with Gasteiger partial charge >= 0.3 is 0 Å². The number of nitrogens with zero attached hydrogens (tertiary/aromatic N) is 2. The van der Waals surface area contributed by atoms with E-state index in [0.717, 1.165) is 22.3 Å². The van der Waals surface area contributed by atoms with E-state index in [4.69, 9.17) is 16.3 Å². The monoisotopic (exact) mass is 278 g/mol. The molecule has 0 aliphatic carbocycles. The van der Waals surface area contributed by atoms with Gasteiger partial charge in [-0.15, -0.1) is 10.2 Å². The highest BCUT2D eigenvalue weighted by atomic mass is 35.5. The highest BCUT2D eigenvalue weighted by Crippen LogP contribution is 2.35. The van der Waals surface area contributed by atoms with Crippen molar-refractivity contribution in [3.05, 3.63) is 39.5 Å². The molecule has 0 aliphatic rings. The van der Waals surface area contributed by atoms with Gasteiger partial charge in [0.25, 0.3) is 5.88 Å². The molecule has 2 rings (SSSR count). The lowest BCUT2D eigenvalue weighted by molar-refractivity contribution is 0.388. The van der Waals surface area contributed by atoms with Crippen molar-refractivity contribution in [2.45, 2.75) is 27.7 Å². The Balaban J connectivity index is 2.49. The number of aromatic hydroxyl groups is 1. The smallest absolute Gasteiger partial charge is 0.281 e. The van der Waals surface area contributed by atoms with E-state index in [-0.39, 0.29) is 16.8 Å². The topological polar surface area (TPSA) is 55.2 Å². The molecule has 0 saturated heterocycles. The second-order valence-corrected chi connectivity index (χ2v) is 4.94. The van der Waals surface area contributed by atoms with E-state index >= 15 is 0 Å². The Morgan fingerprint density at radius 3 is 2.11 bits per heavy atom. The quantitative estimate of drug-likeness (QED) is 0.906. The largest absolute Gasteiger partial charge is 0.503 e. The number of hydrogen-bond donors (Lipinski definition) is 1. The number of aromatic nitrogens is 2. The van der Waals surface area contributed by atoms with Crippen LogP contribution in [0.5, 0.6) is 17.4 Å². The van der Waals surface area contributed by atoms with Crippen molar-refractivity contribution in [2.24, 2.45) is 0 Å². The normalized spacial score (nSPS) is 10.6. The molecular weight excluding hydrogens is 264 g/mol. The van der Waals surface area contributed by atoms with Crippen LogP contribution in [-0.2, 0) is 0 Å². The third-order valence-corrected chi connectivity index (χ3v) is 3.39. The van der Waals surface area contributed by atoms with Crippen molar-refractivity contribution in [3.63, 3.8) is 0 Å². The summed E-state index contributed by atoms with van der Waals surface area (Å²) in [7, 11) is 0. The maximum Gasteiger partial charge on any atom is 0.281 e. The molecule has 0 unspecified atom stereocenters. The fourth-order valence-corrected chi connectivity index (χ4v) is 1.99. The van der Waals surface area contributed by atoms with Crippen LogP contribution in [0, 0.1) is 27.7 Å². The van der Waals surface area contributed by atoms with E-state index in [1.807, 2.05) is 27.7 Å². The average molecular weight is 279 g/mol.